The normalized spacial score (nSPS) is 47.2. The second-order valence-electron chi connectivity index (χ2n) is 13.1. The number of carbonyl (C=O) groups is 1. The van der Waals surface area contributed by atoms with E-state index in [2.05, 4.69) is 10.6 Å². The Kier molecular flexibility index (Phi) is 13.1. The smallest absolute Gasteiger partial charge is 0.252 e. The number of hydrogen-bond donors (Lipinski definition) is 14. The maximum atomic E-state index is 13.1. The van der Waals surface area contributed by atoms with Gasteiger partial charge in [0.1, 0.15) is 42.2 Å². The highest BCUT2D eigenvalue weighted by atomic mass is 16.7. The summed E-state index contributed by atoms with van der Waals surface area (Å²) in [5.41, 5.74) is 28.1. The molecular formula is C27H53N7O12. The maximum Gasteiger partial charge on any atom is 0.252 e. The van der Waals surface area contributed by atoms with Crippen LogP contribution in [0, 0.1) is 0 Å². The number of ether oxygens (including phenoxy) is 4. The summed E-state index contributed by atoms with van der Waals surface area (Å²) in [5, 5.41) is 79.1. The third kappa shape index (κ3) is 8.50. The van der Waals surface area contributed by atoms with Crippen molar-refractivity contribution in [3.8, 4) is 0 Å². The van der Waals surface area contributed by atoms with Crippen molar-refractivity contribution in [2.45, 2.75) is 135 Å². The van der Waals surface area contributed by atoms with E-state index in [0.29, 0.717) is 13.0 Å². The van der Waals surface area contributed by atoms with E-state index in [1.54, 1.807) is 0 Å². The fraction of sp³-hybridized carbons (Fsp3) is 0.963. The van der Waals surface area contributed by atoms with Gasteiger partial charge in [0, 0.05) is 38.0 Å². The average Bonchev–Trinajstić information content (AvgIpc) is 2.98. The Morgan fingerprint density at radius 3 is 2.20 bits per heavy atom. The lowest BCUT2D eigenvalue weighted by molar-refractivity contribution is -0.316. The van der Waals surface area contributed by atoms with Crippen molar-refractivity contribution in [3.63, 3.8) is 0 Å². The summed E-state index contributed by atoms with van der Waals surface area (Å²) in [6, 6.07) is -4.43. The maximum absolute atomic E-state index is 13.1. The fourth-order valence-electron chi connectivity index (χ4n) is 6.48. The molecule has 1 amide bonds. The Balaban J connectivity index is 1.49. The molecule has 268 valence electrons. The molecule has 0 aromatic rings. The lowest BCUT2D eigenvalue weighted by Crippen LogP contribution is -2.70. The number of nitrogens with two attached hydrogens (primary N) is 5. The third-order valence-corrected chi connectivity index (χ3v) is 9.30. The minimum Gasteiger partial charge on any atom is -0.394 e. The SMILES string of the molecule is NCCC(O)CNC[C@H]1O[C@H](OC2[C@@H](N)C[C@@H](NC(=O)C3(O)CC(N)C3)[C@H](O[C@H]3O[C@H](CO)[C@@H](O)[C@H](N)[C@H]3O)[C@H]2O)[C@H](N)C[C@@H]1O. The number of amides is 1. The van der Waals surface area contributed by atoms with Crippen LogP contribution in [-0.4, -0.2) is 171 Å². The predicted molar refractivity (Wildman–Crippen MR) is 158 cm³/mol. The minimum atomic E-state index is -1.73. The van der Waals surface area contributed by atoms with Gasteiger partial charge >= 0.3 is 0 Å². The Morgan fingerprint density at radius 2 is 1.57 bits per heavy atom. The van der Waals surface area contributed by atoms with Crippen molar-refractivity contribution in [1.29, 1.82) is 0 Å². The van der Waals surface area contributed by atoms with Crippen LogP contribution in [0.4, 0.5) is 0 Å². The van der Waals surface area contributed by atoms with E-state index in [4.69, 9.17) is 47.6 Å². The monoisotopic (exact) mass is 667 g/mol. The topological polar surface area (TPSA) is 350 Å². The van der Waals surface area contributed by atoms with Crippen molar-refractivity contribution < 1.29 is 59.5 Å². The van der Waals surface area contributed by atoms with Gasteiger partial charge in [0.05, 0.1) is 43.0 Å². The summed E-state index contributed by atoms with van der Waals surface area (Å²) in [4.78, 5) is 13.1. The van der Waals surface area contributed by atoms with Crippen LogP contribution < -0.4 is 39.3 Å². The summed E-state index contributed by atoms with van der Waals surface area (Å²) < 4.78 is 23.6. The van der Waals surface area contributed by atoms with Crippen molar-refractivity contribution in [3.05, 3.63) is 0 Å². The molecule has 0 spiro atoms. The second-order valence-corrected chi connectivity index (χ2v) is 13.1. The van der Waals surface area contributed by atoms with Crippen LogP contribution in [0.15, 0.2) is 0 Å². The molecule has 2 unspecified atom stereocenters. The quantitative estimate of drug-likeness (QED) is 0.0866. The van der Waals surface area contributed by atoms with Crippen LogP contribution in [0.1, 0.15) is 32.1 Å². The van der Waals surface area contributed by atoms with Gasteiger partial charge in [0.25, 0.3) is 5.91 Å². The molecule has 2 aliphatic carbocycles. The van der Waals surface area contributed by atoms with Crippen LogP contribution in [0.5, 0.6) is 0 Å². The van der Waals surface area contributed by atoms with Gasteiger partial charge in [0.2, 0.25) is 0 Å². The van der Waals surface area contributed by atoms with Crippen LogP contribution >= 0.6 is 0 Å². The standard InChI is InChI=1S/C27H53N7O12/c28-2-1-11(36)7-33-8-16-15(37)4-13(31)24(43-16)45-22-12(30)3-14(34-26(41)27(42)5-10(29)6-27)23(21(22)40)46-25-20(39)18(32)19(38)17(9-35)44-25/h10-25,33,35-40,42H,1-9,28-32H2,(H,34,41)/t10?,11?,12-,13+,14+,15-,16+,17+,18-,19+,20+,21-,22?,23-,24+,25+,27?/m0/s1. The Labute approximate surface area is 266 Å². The second kappa shape index (κ2) is 16.0. The zero-order chi connectivity index (χ0) is 33.9. The Bertz CT molecular complexity index is 983. The number of hydrogen-bond acceptors (Lipinski definition) is 18. The van der Waals surface area contributed by atoms with E-state index in [9.17, 15) is 40.5 Å². The zero-order valence-corrected chi connectivity index (χ0v) is 25.7. The highest BCUT2D eigenvalue weighted by Gasteiger charge is 2.53. The molecule has 46 heavy (non-hydrogen) atoms. The molecule has 2 aliphatic heterocycles. The fourth-order valence-corrected chi connectivity index (χ4v) is 6.48. The molecule has 0 aromatic carbocycles. The van der Waals surface area contributed by atoms with Gasteiger partial charge in [-0.2, -0.15) is 0 Å². The lowest BCUT2D eigenvalue weighted by atomic mass is 9.75. The van der Waals surface area contributed by atoms with E-state index in [0.717, 1.165) is 0 Å². The highest BCUT2D eigenvalue weighted by molar-refractivity contribution is 5.86. The molecule has 15 atom stereocenters. The summed E-state index contributed by atoms with van der Waals surface area (Å²) in [6.45, 7) is 0.0281. The molecule has 19 heteroatoms. The molecule has 4 fully saturated rings. The van der Waals surface area contributed by atoms with Crippen molar-refractivity contribution in [2.75, 3.05) is 26.2 Å². The minimum absolute atomic E-state index is 0.0254. The highest BCUT2D eigenvalue weighted by Crippen LogP contribution is 2.34. The van der Waals surface area contributed by atoms with Crippen molar-refractivity contribution in [1.82, 2.24) is 10.6 Å². The van der Waals surface area contributed by atoms with Crippen molar-refractivity contribution in [2.24, 2.45) is 28.7 Å². The third-order valence-electron chi connectivity index (χ3n) is 9.30. The van der Waals surface area contributed by atoms with E-state index in [-0.39, 0.29) is 44.8 Å². The van der Waals surface area contributed by atoms with Gasteiger partial charge in [-0.3, -0.25) is 4.79 Å². The van der Waals surface area contributed by atoms with Gasteiger partial charge in [-0.15, -0.1) is 0 Å². The molecule has 2 heterocycles. The van der Waals surface area contributed by atoms with Gasteiger partial charge < -0.3 is 94.0 Å². The average molecular weight is 668 g/mol. The molecular weight excluding hydrogens is 614 g/mol. The van der Waals surface area contributed by atoms with E-state index in [1.807, 2.05) is 0 Å². The molecule has 19 N–H and O–H groups in total. The summed E-state index contributed by atoms with van der Waals surface area (Å²) >= 11 is 0. The lowest BCUT2D eigenvalue weighted by Gasteiger charge is -2.49. The number of aliphatic hydroxyl groups excluding tert-OH is 6. The summed E-state index contributed by atoms with van der Waals surface area (Å²) in [7, 11) is 0. The van der Waals surface area contributed by atoms with Crippen LogP contribution in [-0.2, 0) is 23.7 Å². The largest absolute Gasteiger partial charge is 0.394 e. The first-order valence-electron chi connectivity index (χ1n) is 15.8. The van der Waals surface area contributed by atoms with E-state index >= 15 is 0 Å². The molecule has 4 aliphatic rings. The molecule has 19 nitrogen and oxygen atoms in total. The first-order valence-corrected chi connectivity index (χ1v) is 15.8. The van der Waals surface area contributed by atoms with Gasteiger partial charge in [-0.05, 0) is 25.8 Å². The molecule has 0 bridgehead atoms. The molecule has 0 aromatic heterocycles. The molecule has 2 saturated carbocycles. The molecule has 0 radical (unpaired) electrons. The van der Waals surface area contributed by atoms with Gasteiger partial charge in [0.15, 0.2) is 12.6 Å². The molecule has 2 saturated heterocycles. The Hall–Kier alpha value is -1.21. The van der Waals surface area contributed by atoms with E-state index in [1.165, 1.54) is 0 Å². The summed E-state index contributed by atoms with van der Waals surface area (Å²) in [6.07, 6.45) is -13.1. The zero-order valence-electron chi connectivity index (χ0n) is 25.7. The van der Waals surface area contributed by atoms with Gasteiger partial charge in [-0.1, -0.05) is 0 Å². The Morgan fingerprint density at radius 1 is 0.913 bits per heavy atom. The predicted octanol–water partition coefficient (Wildman–Crippen LogP) is -7.95. The van der Waals surface area contributed by atoms with Crippen LogP contribution in [0.25, 0.3) is 0 Å². The number of carbonyl (C=O) groups excluding carboxylic acids is 1. The van der Waals surface area contributed by atoms with Crippen LogP contribution in [0.3, 0.4) is 0 Å². The van der Waals surface area contributed by atoms with E-state index < -0.39 is 110 Å². The summed E-state index contributed by atoms with van der Waals surface area (Å²) in [5.74, 6) is -0.754. The first kappa shape index (κ1) is 37.6. The van der Waals surface area contributed by atoms with Crippen LogP contribution in [0.2, 0.25) is 0 Å². The van der Waals surface area contributed by atoms with Crippen molar-refractivity contribution >= 4 is 5.91 Å². The first-order chi connectivity index (χ1) is 21.7. The number of nitrogens with one attached hydrogen (secondary N) is 2. The number of rotatable bonds is 13. The van der Waals surface area contributed by atoms with Gasteiger partial charge in [-0.25, -0.2) is 0 Å². The molecule has 4 rings (SSSR count). The number of aliphatic hydroxyl groups is 7.